The van der Waals surface area contributed by atoms with Gasteiger partial charge in [-0.3, -0.25) is 0 Å². The summed E-state index contributed by atoms with van der Waals surface area (Å²) in [7, 11) is 1.62. The molecule has 21 heavy (non-hydrogen) atoms. The molecule has 1 unspecified atom stereocenters. The Labute approximate surface area is 122 Å². The first-order valence-corrected chi connectivity index (χ1v) is 6.97. The number of benzene rings is 2. The van der Waals surface area contributed by atoms with Crippen molar-refractivity contribution in [2.75, 3.05) is 7.05 Å². The van der Waals surface area contributed by atoms with Crippen LogP contribution in [0.1, 0.15) is 36.1 Å². The molecular weight excluding hydrogens is 275 g/mol. The third-order valence-electron chi connectivity index (χ3n) is 3.44. The third kappa shape index (κ3) is 3.45. The monoisotopic (exact) mass is 293 g/mol. The van der Waals surface area contributed by atoms with Gasteiger partial charge in [0, 0.05) is 17.7 Å². The highest BCUT2D eigenvalue weighted by Crippen LogP contribution is 2.28. The molecule has 0 fully saturated rings. The Morgan fingerprint density at radius 3 is 2.29 bits per heavy atom. The zero-order valence-corrected chi connectivity index (χ0v) is 12.1. The summed E-state index contributed by atoms with van der Waals surface area (Å²) < 4.78 is 41.0. The van der Waals surface area contributed by atoms with Gasteiger partial charge in [-0.15, -0.1) is 0 Å². The minimum absolute atomic E-state index is 0.160. The average molecular weight is 293 g/mol. The molecule has 1 atom stereocenters. The maximum atomic E-state index is 14.0. The molecule has 1 nitrogen and oxygen atoms in total. The minimum atomic E-state index is -0.914. The van der Waals surface area contributed by atoms with E-state index in [0.29, 0.717) is 12.1 Å². The summed E-state index contributed by atoms with van der Waals surface area (Å²) in [4.78, 5) is 0. The highest BCUT2D eigenvalue weighted by molar-refractivity contribution is 5.36. The van der Waals surface area contributed by atoms with Gasteiger partial charge in [-0.05, 0) is 24.6 Å². The van der Waals surface area contributed by atoms with Gasteiger partial charge in [-0.2, -0.15) is 0 Å². The van der Waals surface area contributed by atoms with Crippen molar-refractivity contribution in [3.05, 3.63) is 70.5 Å². The zero-order valence-electron chi connectivity index (χ0n) is 12.1. The van der Waals surface area contributed by atoms with Gasteiger partial charge < -0.3 is 5.32 Å². The van der Waals surface area contributed by atoms with Crippen molar-refractivity contribution in [2.45, 2.75) is 25.8 Å². The van der Waals surface area contributed by atoms with Crippen LogP contribution in [0.2, 0.25) is 0 Å². The van der Waals surface area contributed by atoms with Crippen molar-refractivity contribution in [3.63, 3.8) is 0 Å². The quantitative estimate of drug-likeness (QED) is 0.863. The topological polar surface area (TPSA) is 12.0 Å². The van der Waals surface area contributed by atoms with Gasteiger partial charge in [0.2, 0.25) is 0 Å². The smallest absolute Gasteiger partial charge is 0.134 e. The van der Waals surface area contributed by atoms with Gasteiger partial charge in [0.25, 0.3) is 0 Å². The van der Waals surface area contributed by atoms with Gasteiger partial charge in [0.1, 0.15) is 17.5 Å². The average Bonchev–Trinajstić information content (AvgIpc) is 2.43. The maximum Gasteiger partial charge on any atom is 0.134 e. The molecule has 0 aromatic heterocycles. The molecule has 0 bridgehead atoms. The van der Waals surface area contributed by atoms with Gasteiger partial charge in [0.05, 0.1) is 6.04 Å². The number of halogens is 3. The molecular formula is C17H18F3N. The number of rotatable bonds is 5. The van der Waals surface area contributed by atoms with Crippen molar-refractivity contribution >= 4 is 0 Å². The normalized spacial score (nSPS) is 12.4. The van der Waals surface area contributed by atoms with E-state index in [2.05, 4.69) is 12.2 Å². The highest BCUT2D eigenvalue weighted by atomic mass is 19.1. The van der Waals surface area contributed by atoms with Crippen molar-refractivity contribution in [1.82, 2.24) is 5.32 Å². The second-order valence-corrected chi connectivity index (χ2v) is 5.00. The highest BCUT2D eigenvalue weighted by Gasteiger charge is 2.21. The Morgan fingerprint density at radius 2 is 1.71 bits per heavy atom. The van der Waals surface area contributed by atoms with Crippen LogP contribution in [-0.4, -0.2) is 7.05 Å². The molecule has 0 heterocycles. The van der Waals surface area contributed by atoms with Crippen LogP contribution < -0.4 is 5.32 Å². The van der Waals surface area contributed by atoms with E-state index in [1.807, 2.05) is 24.3 Å². The molecule has 2 aromatic rings. The lowest BCUT2D eigenvalue weighted by atomic mass is 9.95. The lowest BCUT2D eigenvalue weighted by molar-refractivity contribution is 0.500. The molecule has 0 saturated heterocycles. The fourth-order valence-corrected chi connectivity index (χ4v) is 2.52. The van der Waals surface area contributed by atoms with Crippen LogP contribution in [0.3, 0.4) is 0 Å². The summed E-state index contributed by atoms with van der Waals surface area (Å²) >= 11 is 0. The van der Waals surface area contributed by atoms with Crippen LogP contribution in [0.5, 0.6) is 0 Å². The zero-order chi connectivity index (χ0) is 15.4. The molecule has 0 aliphatic rings. The van der Waals surface area contributed by atoms with Crippen molar-refractivity contribution in [1.29, 1.82) is 0 Å². The molecule has 2 rings (SSSR count). The number of nitrogens with one attached hydrogen (secondary N) is 1. The molecule has 0 aliphatic carbocycles. The first-order valence-electron chi connectivity index (χ1n) is 6.97. The van der Waals surface area contributed by atoms with Gasteiger partial charge in [-0.25, -0.2) is 13.2 Å². The van der Waals surface area contributed by atoms with Crippen molar-refractivity contribution < 1.29 is 13.2 Å². The van der Waals surface area contributed by atoms with Crippen molar-refractivity contribution in [2.24, 2.45) is 0 Å². The SMILES string of the molecule is CCCc1cccc(C(NC)c2c(F)cc(F)cc2F)c1. The molecule has 0 amide bonds. The number of hydrogen-bond donors (Lipinski definition) is 1. The molecule has 0 spiro atoms. The Hall–Kier alpha value is -1.81. The Morgan fingerprint density at radius 1 is 1.05 bits per heavy atom. The first kappa shape index (κ1) is 15.6. The van der Waals surface area contributed by atoms with Crippen LogP contribution in [0, 0.1) is 17.5 Å². The van der Waals surface area contributed by atoms with Crippen molar-refractivity contribution in [3.8, 4) is 0 Å². The molecule has 1 N–H and O–H groups in total. The Balaban J connectivity index is 2.47. The molecule has 2 aromatic carbocycles. The van der Waals surface area contributed by atoms with Crippen LogP contribution in [-0.2, 0) is 6.42 Å². The van der Waals surface area contributed by atoms with Gasteiger partial charge >= 0.3 is 0 Å². The second-order valence-electron chi connectivity index (χ2n) is 5.00. The van der Waals surface area contributed by atoms with E-state index in [1.54, 1.807) is 7.05 Å². The predicted octanol–water partition coefficient (Wildman–Crippen LogP) is 4.37. The largest absolute Gasteiger partial charge is 0.309 e. The van der Waals surface area contributed by atoms with E-state index in [9.17, 15) is 13.2 Å². The fourth-order valence-electron chi connectivity index (χ4n) is 2.52. The summed E-state index contributed by atoms with van der Waals surface area (Å²) in [5.41, 5.74) is 1.71. The lowest BCUT2D eigenvalue weighted by Crippen LogP contribution is -2.21. The molecule has 0 aliphatic heterocycles. The van der Waals surface area contributed by atoms with E-state index in [1.165, 1.54) is 0 Å². The van der Waals surface area contributed by atoms with Crippen LogP contribution >= 0.6 is 0 Å². The summed E-state index contributed by atoms with van der Waals surface area (Å²) in [6.07, 6.45) is 1.89. The molecule has 0 saturated carbocycles. The van der Waals surface area contributed by atoms with Gasteiger partial charge in [-0.1, -0.05) is 37.6 Å². The molecule has 112 valence electrons. The minimum Gasteiger partial charge on any atom is -0.309 e. The molecule has 4 heteroatoms. The van der Waals surface area contributed by atoms with E-state index >= 15 is 0 Å². The lowest BCUT2D eigenvalue weighted by Gasteiger charge is -2.19. The van der Waals surface area contributed by atoms with E-state index < -0.39 is 23.5 Å². The summed E-state index contributed by atoms with van der Waals surface area (Å²) in [6.45, 7) is 2.07. The van der Waals surface area contributed by atoms with Crippen LogP contribution in [0.15, 0.2) is 36.4 Å². The van der Waals surface area contributed by atoms with Crippen LogP contribution in [0.4, 0.5) is 13.2 Å². The summed E-state index contributed by atoms with van der Waals surface area (Å²) in [6, 6.07) is 8.34. The molecule has 0 radical (unpaired) electrons. The second kappa shape index (κ2) is 6.76. The standard InChI is InChI=1S/C17H18F3N/c1-3-5-11-6-4-7-12(8-11)17(21-2)16-14(19)9-13(18)10-15(16)20/h4,6-10,17,21H,3,5H2,1-2H3. The van der Waals surface area contributed by atoms with Gasteiger partial charge in [0.15, 0.2) is 0 Å². The summed E-state index contributed by atoms with van der Waals surface area (Å²) in [5, 5.41) is 2.90. The van der Waals surface area contributed by atoms with Crippen LogP contribution in [0.25, 0.3) is 0 Å². The first-order chi connectivity index (χ1) is 10.1. The number of aryl methyl sites for hydroxylation is 1. The van der Waals surface area contributed by atoms with E-state index in [0.717, 1.165) is 24.0 Å². The van der Waals surface area contributed by atoms with E-state index in [4.69, 9.17) is 0 Å². The Bertz CT molecular complexity index is 602. The summed E-state index contributed by atoms with van der Waals surface area (Å²) in [5.74, 6) is -2.68. The third-order valence-corrected chi connectivity index (χ3v) is 3.44. The maximum absolute atomic E-state index is 14.0. The Kier molecular flexibility index (Phi) is 5.02. The van der Waals surface area contributed by atoms with E-state index in [-0.39, 0.29) is 5.56 Å². The predicted molar refractivity (Wildman–Crippen MR) is 77.7 cm³/mol. The fraction of sp³-hybridized carbons (Fsp3) is 0.294. The number of hydrogen-bond acceptors (Lipinski definition) is 1.